The highest BCUT2D eigenvalue weighted by Crippen LogP contribution is 2.25. The Labute approximate surface area is 99.2 Å². The third-order valence-electron chi connectivity index (χ3n) is 1.66. The molecule has 1 aromatic rings. The van der Waals surface area contributed by atoms with Gasteiger partial charge in [-0.2, -0.15) is 0 Å². The van der Waals surface area contributed by atoms with E-state index in [1.54, 1.807) is 0 Å². The molecule has 0 aromatic heterocycles. The predicted molar refractivity (Wildman–Crippen MR) is 66.4 cm³/mol. The Morgan fingerprint density at radius 2 is 1.83 bits per heavy atom. The molecule has 1 aromatic carbocycles. The van der Waals surface area contributed by atoms with E-state index in [1.165, 1.54) is 7.14 Å². The molecule has 12 heavy (non-hydrogen) atoms. The number of carbonyl (C=O) groups is 1. The Kier molecular flexibility index (Phi) is 3.95. The molecule has 0 saturated heterocycles. The van der Waals surface area contributed by atoms with Gasteiger partial charge in [-0.15, -0.1) is 0 Å². The van der Waals surface area contributed by atoms with E-state index < -0.39 is 0 Å². The van der Waals surface area contributed by atoms with Crippen LogP contribution >= 0.6 is 45.2 Å². The van der Waals surface area contributed by atoms with E-state index in [2.05, 4.69) is 45.2 Å². The highest BCUT2D eigenvalue weighted by Gasteiger charge is 2.10. The number of hydrogen-bond acceptors (Lipinski definition) is 1. The summed E-state index contributed by atoms with van der Waals surface area (Å²) in [5.41, 5.74) is 1.15. The van der Waals surface area contributed by atoms with Gasteiger partial charge < -0.3 is 4.79 Å². The lowest BCUT2D eigenvalue weighted by molar-refractivity contribution is -0.108. The third kappa shape index (κ3) is 2.18. The molecule has 1 nitrogen and oxygen atoms in total. The monoisotopic (exact) mass is 386 g/mol. The van der Waals surface area contributed by atoms with E-state index in [4.69, 9.17) is 0 Å². The molecule has 0 aliphatic carbocycles. The van der Waals surface area contributed by atoms with Crippen molar-refractivity contribution in [3.05, 3.63) is 30.9 Å². The molecule has 0 fully saturated rings. The molecule has 0 spiro atoms. The molecule has 1 unspecified atom stereocenters. The van der Waals surface area contributed by atoms with E-state index in [1.807, 2.05) is 25.1 Å². The van der Waals surface area contributed by atoms with E-state index in [-0.39, 0.29) is 5.92 Å². The Morgan fingerprint density at radius 3 is 2.25 bits per heavy atom. The molecular formula is C9H8I2O. The van der Waals surface area contributed by atoms with Gasteiger partial charge in [0.25, 0.3) is 0 Å². The van der Waals surface area contributed by atoms with Crippen LogP contribution in [0, 0.1) is 7.14 Å². The minimum atomic E-state index is 0.00463. The number of halogens is 2. The predicted octanol–water partition coefficient (Wildman–Crippen LogP) is 3.20. The fourth-order valence-corrected chi connectivity index (χ4v) is 3.51. The van der Waals surface area contributed by atoms with Gasteiger partial charge in [-0.05, 0) is 62.9 Å². The van der Waals surface area contributed by atoms with Gasteiger partial charge in [0.05, 0.1) is 0 Å². The van der Waals surface area contributed by atoms with Crippen molar-refractivity contribution in [1.82, 2.24) is 0 Å². The molecular weight excluding hydrogens is 378 g/mol. The molecule has 0 saturated carbocycles. The van der Waals surface area contributed by atoms with Gasteiger partial charge in [0.15, 0.2) is 0 Å². The molecule has 0 N–H and O–H groups in total. The Balaban J connectivity index is 3.20. The Hall–Kier alpha value is 0.350. The fraction of sp³-hybridized carbons (Fsp3) is 0.222. The lowest BCUT2D eigenvalue weighted by Crippen LogP contribution is -2.00. The summed E-state index contributed by atoms with van der Waals surface area (Å²) >= 11 is 4.52. The standard InChI is InChI=1S/C9H8I2O/c1-6(5-12)9-7(10)3-2-4-8(9)11/h2-6H,1H3. The summed E-state index contributed by atoms with van der Waals surface area (Å²) in [6.07, 6.45) is 0.986. The van der Waals surface area contributed by atoms with Crippen LogP contribution in [-0.4, -0.2) is 6.29 Å². The van der Waals surface area contributed by atoms with Crippen molar-refractivity contribution in [1.29, 1.82) is 0 Å². The van der Waals surface area contributed by atoms with Gasteiger partial charge in [0.2, 0.25) is 0 Å². The summed E-state index contributed by atoms with van der Waals surface area (Å²) < 4.78 is 2.33. The first-order chi connectivity index (χ1) is 5.66. The van der Waals surface area contributed by atoms with Crippen molar-refractivity contribution in [2.45, 2.75) is 12.8 Å². The van der Waals surface area contributed by atoms with E-state index in [0.29, 0.717) is 0 Å². The van der Waals surface area contributed by atoms with Crippen LogP contribution in [0.25, 0.3) is 0 Å². The van der Waals surface area contributed by atoms with Crippen LogP contribution in [0.3, 0.4) is 0 Å². The zero-order valence-corrected chi connectivity index (χ0v) is 10.9. The van der Waals surface area contributed by atoms with Gasteiger partial charge in [-0.3, -0.25) is 0 Å². The largest absolute Gasteiger partial charge is 0.303 e. The molecule has 0 radical (unpaired) electrons. The van der Waals surface area contributed by atoms with E-state index in [0.717, 1.165) is 11.8 Å². The first kappa shape index (κ1) is 10.4. The van der Waals surface area contributed by atoms with Crippen LogP contribution in [0.1, 0.15) is 18.4 Å². The van der Waals surface area contributed by atoms with Crippen LogP contribution in [-0.2, 0) is 4.79 Å². The summed E-state index contributed by atoms with van der Waals surface area (Å²) in [5.74, 6) is 0.00463. The average Bonchev–Trinajstić information content (AvgIpc) is 2.03. The second kappa shape index (κ2) is 4.55. The molecule has 64 valence electrons. The van der Waals surface area contributed by atoms with Crippen LogP contribution < -0.4 is 0 Å². The van der Waals surface area contributed by atoms with Gasteiger partial charge in [-0.1, -0.05) is 13.0 Å². The van der Waals surface area contributed by atoms with Crippen molar-refractivity contribution >= 4 is 51.5 Å². The lowest BCUT2D eigenvalue weighted by Gasteiger charge is -2.08. The average molecular weight is 386 g/mol. The van der Waals surface area contributed by atoms with Crippen LogP contribution in [0.4, 0.5) is 0 Å². The van der Waals surface area contributed by atoms with Gasteiger partial charge in [0, 0.05) is 13.1 Å². The smallest absolute Gasteiger partial charge is 0.127 e. The summed E-state index contributed by atoms with van der Waals surface area (Å²) in [7, 11) is 0. The first-order valence-electron chi connectivity index (χ1n) is 3.56. The van der Waals surface area contributed by atoms with Gasteiger partial charge in [-0.25, -0.2) is 0 Å². The summed E-state index contributed by atoms with van der Waals surface area (Å²) in [6.45, 7) is 1.92. The fourth-order valence-electron chi connectivity index (χ4n) is 1.01. The van der Waals surface area contributed by atoms with Crippen molar-refractivity contribution in [3.63, 3.8) is 0 Å². The van der Waals surface area contributed by atoms with Gasteiger partial charge in [0.1, 0.15) is 6.29 Å². The van der Waals surface area contributed by atoms with Crippen molar-refractivity contribution in [2.75, 3.05) is 0 Å². The maximum absolute atomic E-state index is 10.6. The summed E-state index contributed by atoms with van der Waals surface area (Å²) in [4.78, 5) is 10.6. The van der Waals surface area contributed by atoms with Crippen LogP contribution in [0.15, 0.2) is 18.2 Å². The van der Waals surface area contributed by atoms with Crippen LogP contribution in [0.5, 0.6) is 0 Å². The minimum Gasteiger partial charge on any atom is -0.303 e. The normalized spacial score (nSPS) is 12.6. The Bertz CT molecular complexity index is 276. The summed E-state index contributed by atoms with van der Waals surface area (Å²) in [6, 6.07) is 6.06. The maximum atomic E-state index is 10.6. The maximum Gasteiger partial charge on any atom is 0.127 e. The highest BCUT2D eigenvalue weighted by atomic mass is 127. The molecule has 1 atom stereocenters. The molecule has 0 aliphatic heterocycles. The minimum absolute atomic E-state index is 0.00463. The third-order valence-corrected chi connectivity index (χ3v) is 3.54. The molecule has 1 rings (SSSR count). The molecule has 0 bridgehead atoms. The number of benzene rings is 1. The molecule has 3 heteroatoms. The second-order valence-electron chi connectivity index (χ2n) is 2.56. The highest BCUT2D eigenvalue weighted by molar-refractivity contribution is 14.1. The Morgan fingerprint density at radius 1 is 1.33 bits per heavy atom. The first-order valence-corrected chi connectivity index (χ1v) is 5.71. The quantitative estimate of drug-likeness (QED) is 0.564. The number of rotatable bonds is 2. The van der Waals surface area contributed by atoms with Crippen molar-refractivity contribution in [2.24, 2.45) is 0 Å². The van der Waals surface area contributed by atoms with E-state index in [9.17, 15) is 4.79 Å². The lowest BCUT2D eigenvalue weighted by atomic mass is 10.0. The van der Waals surface area contributed by atoms with Crippen molar-refractivity contribution < 1.29 is 4.79 Å². The summed E-state index contributed by atoms with van der Waals surface area (Å²) in [5, 5.41) is 0. The van der Waals surface area contributed by atoms with Crippen LogP contribution in [0.2, 0.25) is 0 Å². The second-order valence-corrected chi connectivity index (χ2v) is 4.88. The molecule has 0 amide bonds. The van der Waals surface area contributed by atoms with Gasteiger partial charge >= 0.3 is 0 Å². The number of carbonyl (C=O) groups excluding carboxylic acids is 1. The van der Waals surface area contributed by atoms with Crippen molar-refractivity contribution in [3.8, 4) is 0 Å². The molecule has 0 aliphatic rings. The van der Waals surface area contributed by atoms with E-state index >= 15 is 0 Å². The molecule has 0 heterocycles. The SMILES string of the molecule is CC(C=O)c1c(I)cccc1I. The number of hydrogen-bond donors (Lipinski definition) is 0. The topological polar surface area (TPSA) is 17.1 Å². The number of aldehydes is 1. The zero-order valence-electron chi connectivity index (χ0n) is 6.55. The zero-order chi connectivity index (χ0) is 9.14.